The van der Waals surface area contributed by atoms with E-state index < -0.39 is 12.4 Å². The number of rotatable bonds is 8. The summed E-state index contributed by atoms with van der Waals surface area (Å²) in [4.78, 5) is 12.4. The zero-order valence-corrected chi connectivity index (χ0v) is 19.4. The summed E-state index contributed by atoms with van der Waals surface area (Å²) in [5.74, 6) is -0.0514. The number of hydrogen-bond acceptors (Lipinski definition) is 7. The average Bonchev–Trinajstić information content (AvgIpc) is 3.48. The van der Waals surface area contributed by atoms with Crippen molar-refractivity contribution in [3.8, 4) is 5.75 Å². The summed E-state index contributed by atoms with van der Waals surface area (Å²) < 4.78 is 44.8. The van der Waals surface area contributed by atoms with E-state index >= 15 is 0 Å². The van der Waals surface area contributed by atoms with Crippen LogP contribution in [0.1, 0.15) is 25.7 Å². The van der Waals surface area contributed by atoms with E-state index in [2.05, 4.69) is 26.7 Å². The molecule has 5 N–H and O–H groups in total. The molecule has 3 saturated carbocycles. The van der Waals surface area contributed by atoms with Crippen molar-refractivity contribution in [3.63, 3.8) is 0 Å². The Balaban J connectivity index is 1.07. The van der Waals surface area contributed by atoms with Gasteiger partial charge in [-0.3, -0.25) is 26.2 Å². The van der Waals surface area contributed by atoms with Crippen molar-refractivity contribution in [1.29, 1.82) is 0 Å². The number of alkyl halides is 2. The van der Waals surface area contributed by atoms with Crippen molar-refractivity contribution in [2.75, 3.05) is 26.2 Å². The lowest BCUT2D eigenvalue weighted by molar-refractivity contribution is -0.124. The summed E-state index contributed by atoms with van der Waals surface area (Å²) in [6, 6.07) is 4.28. The summed E-state index contributed by atoms with van der Waals surface area (Å²) in [5.41, 5.74) is 2.73. The molecular formula is C22H30ClF3N6O2. The second kappa shape index (κ2) is 9.79. The number of halogens is 4. The number of carbonyl (C=O) groups is 1. The Labute approximate surface area is 201 Å². The number of carbonyl (C=O) groups excluding carboxylic acids is 1. The lowest BCUT2D eigenvalue weighted by atomic mass is 9.76. The minimum atomic E-state index is -2.49. The van der Waals surface area contributed by atoms with Gasteiger partial charge in [-0.05, 0) is 50.3 Å². The number of fused-ring (bicyclic) bond motifs is 1. The van der Waals surface area contributed by atoms with Gasteiger partial charge in [0, 0.05) is 42.7 Å². The first kappa shape index (κ1) is 24.1. The zero-order chi connectivity index (χ0) is 23.9. The fraction of sp³-hybridized carbons (Fsp3) is 0.682. The Bertz CT molecular complexity index is 905. The number of benzene rings is 1. The minimum absolute atomic E-state index is 0.00337. The number of ether oxygens (including phenoxy) is 1. The van der Waals surface area contributed by atoms with Crippen molar-refractivity contribution in [2.24, 2.45) is 11.8 Å². The molecule has 2 aliphatic heterocycles. The molecule has 3 aliphatic carbocycles. The highest BCUT2D eigenvalue weighted by Crippen LogP contribution is 2.52. The number of nitrogens with zero attached hydrogens (tertiary/aromatic N) is 1. The van der Waals surface area contributed by atoms with Gasteiger partial charge in [-0.25, -0.2) is 4.39 Å². The molecule has 1 aromatic carbocycles. The maximum Gasteiger partial charge on any atom is 0.306 e. The fourth-order valence-corrected chi connectivity index (χ4v) is 5.95. The molecule has 1 amide bonds. The fourth-order valence-electron chi connectivity index (χ4n) is 5.84. The normalized spacial score (nSPS) is 35.4. The zero-order valence-electron chi connectivity index (χ0n) is 18.6. The van der Waals surface area contributed by atoms with Crippen LogP contribution in [0.2, 0.25) is 5.02 Å². The summed E-state index contributed by atoms with van der Waals surface area (Å²) in [6.45, 7) is -1.00. The van der Waals surface area contributed by atoms with Crippen molar-refractivity contribution in [2.45, 2.75) is 56.1 Å². The van der Waals surface area contributed by atoms with Crippen LogP contribution < -0.4 is 31.4 Å². The molecule has 2 saturated heterocycles. The van der Waals surface area contributed by atoms with Crippen LogP contribution in [0.4, 0.5) is 13.2 Å². The average molecular weight is 503 g/mol. The molecule has 34 heavy (non-hydrogen) atoms. The van der Waals surface area contributed by atoms with Crippen LogP contribution in [-0.4, -0.2) is 67.6 Å². The molecule has 1 aromatic rings. The summed E-state index contributed by atoms with van der Waals surface area (Å²) in [7, 11) is 0. The van der Waals surface area contributed by atoms with Gasteiger partial charge in [0.15, 0.2) is 6.61 Å². The Morgan fingerprint density at radius 1 is 1.29 bits per heavy atom. The van der Waals surface area contributed by atoms with Crippen molar-refractivity contribution in [1.82, 2.24) is 31.7 Å². The molecule has 2 bridgehead atoms. The number of nitrogens with one attached hydrogen (secondary N) is 5. The van der Waals surface area contributed by atoms with E-state index in [9.17, 15) is 18.0 Å². The topological polar surface area (TPSA) is 89.7 Å². The van der Waals surface area contributed by atoms with Gasteiger partial charge in [-0.15, -0.1) is 0 Å². The Morgan fingerprint density at radius 3 is 2.85 bits per heavy atom. The molecular weight excluding hydrogens is 473 g/mol. The van der Waals surface area contributed by atoms with Crippen molar-refractivity contribution >= 4 is 17.5 Å². The molecule has 5 fully saturated rings. The van der Waals surface area contributed by atoms with Crippen LogP contribution in [0.15, 0.2) is 18.2 Å². The highest BCUT2D eigenvalue weighted by Gasteiger charge is 2.57. The van der Waals surface area contributed by atoms with Gasteiger partial charge >= 0.3 is 6.55 Å². The van der Waals surface area contributed by atoms with Gasteiger partial charge in [-0.2, -0.15) is 13.8 Å². The number of hydrogen-bond donors (Lipinski definition) is 5. The summed E-state index contributed by atoms with van der Waals surface area (Å²) in [6.07, 6.45) is 3.53. The Kier molecular flexibility index (Phi) is 6.93. The van der Waals surface area contributed by atoms with Gasteiger partial charge < -0.3 is 10.1 Å². The first-order chi connectivity index (χ1) is 16.3. The van der Waals surface area contributed by atoms with Gasteiger partial charge in [0.2, 0.25) is 0 Å². The lowest BCUT2D eigenvalue weighted by Gasteiger charge is -2.45. The molecule has 4 unspecified atom stereocenters. The van der Waals surface area contributed by atoms with Gasteiger partial charge in [0.1, 0.15) is 17.9 Å². The van der Waals surface area contributed by atoms with Crippen LogP contribution in [0.25, 0.3) is 0 Å². The first-order valence-electron chi connectivity index (χ1n) is 11.7. The predicted octanol–water partition coefficient (Wildman–Crippen LogP) is 1.38. The van der Waals surface area contributed by atoms with Crippen LogP contribution >= 0.6 is 11.6 Å². The highest BCUT2D eigenvalue weighted by atomic mass is 35.5. The molecule has 0 aromatic heterocycles. The quantitative estimate of drug-likeness (QED) is 0.343. The number of amides is 1. The molecule has 4 atom stereocenters. The second-order valence-corrected chi connectivity index (χ2v) is 10.2. The van der Waals surface area contributed by atoms with Crippen LogP contribution in [0.3, 0.4) is 0 Å². The minimum Gasteiger partial charge on any atom is -0.484 e. The number of hydrazine groups is 1. The lowest BCUT2D eigenvalue weighted by Crippen LogP contribution is -2.68. The van der Waals surface area contributed by atoms with Gasteiger partial charge in [0.05, 0.1) is 5.02 Å². The van der Waals surface area contributed by atoms with E-state index in [4.69, 9.17) is 16.3 Å². The van der Waals surface area contributed by atoms with E-state index in [1.807, 2.05) is 0 Å². The smallest absolute Gasteiger partial charge is 0.306 e. The highest BCUT2D eigenvalue weighted by molar-refractivity contribution is 6.30. The van der Waals surface area contributed by atoms with Gasteiger partial charge in [0.25, 0.3) is 5.91 Å². The van der Waals surface area contributed by atoms with Crippen LogP contribution in [-0.2, 0) is 4.79 Å². The third-order valence-corrected chi connectivity index (χ3v) is 7.83. The first-order valence-corrected chi connectivity index (χ1v) is 12.1. The molecule has 2 heterocycles. The maximum absolute atomic E-state index is 13.5. The molecule has 0 spiro atoms. The van der Waals surface area contributed by atoms with E-state index in [0.717, 1.165) is 43.3 Å². The third-order valence-electron chi connectivity index (χ3n) is 7.52. The standard InChI is InChI=1S/C22H30ClF3N6O2/c23-15-2-1-14(5-16(15)24)34-11-19(33)29-18-8-22(6-12(18)7-22)31-21-27-4-3-17(30-21)13-9-28-32(10-13)20(25)26/h1-2,5,12-13,17-18,20-21,27-28,30-31H,3-4,6-11H2,(H,29,33). The van der Waals surface area contributed by atoms with Crippen molar-refractivity contribution < 1.29 is 22.7 Å². The Hall–Kier alpha value is -1.63. The molecule has 8 nitrogen and oxygen atoms in total. The molecule has 5 aliphatic rings. The predicted molar refractivity (Wildman–Crippen MR) is 120 cm³/mol. The Morgan fingerprint density at radius 2 is 2.12 bits per heavy atom. The van der Waals surface area contributed by atoms with E-state index in [0.29, 0.717) is 19.0 Å². The third kappa shape index (κ3) is 5.14. The van der Waals surface area contributed by atoms with E-state index in [-0.39, 0.29) is 53.1 Å². The molecule has 12 heteroatoms. The second-order valence-electron chi connectivity index (χ2n) is 9.84. The molecule has 0 radical (unpaired) electrons. The largest absolute Gasteiger partial charge is 0.484 e. The van der Waals surface area contributed by atoms with E-state index in [1.54, 1.807) is 0 Å². The van der Waals surface area contributed by atoms with Crippen LogP contribution in [0.5, 0.6) is 5.75 Å². The monoisotopic (exact) mass is 502 g/mol. The van der Waals surface area contributed by atoms with Gasteiger partial charge in [-0.1, -0.05) is 11.6 Å². The SMILES string of the molecule is O=C(COc1ccc(Cl)c(F)c1)NC1CC2(NC3NCCC(C4CNN(C(F)F)C4)N3)CC1C2. The maximum atomic E-state index is 13.5. The van der Waals surface area contributed by atoms with Crippen molar-refractivity contribution in [3.05, 3.63) is 29.0 Å². The van der Waals surface area contributed by atoms with Crippen LogP contribution in [0, 0.1) is 17.7 Å². The molecule has 6 rings (SSSR count). The summed E-state index contributed by atoms with van der Waals surface area (Å²) in [5, 5.41) is 14.7. The molecule has 188 valence electrons. The summed E-state index contributed by atoms with van der Waals surface area (Å²) >= 11 is 5.66. The van der Waals surface area contributed by atoms with E-state index in [1.165, 1.54) is 12.1 Å².